The third-order valence-corrected chi connectivity index (χ3v) is 2.67. The second-order valence-corrected chi connectivity index (χ2v) is 4.49. The van der Waals surface area contributed by atoms with Crippen LogP contribution in [0, 0.1) is 5.92 Å². The van der Waals surface area contributed by atoms with Gasteiger partial charge in [0.2, 0.25) is 0 Å². The van der Waals surface area contributed by atoms with Gasteiger partial charge in [-0.1, -0.05) is 6.92 Å². The van der Waals surface area contributed by atoms with Crippen LogP contribution in [0.3, 0.4) is 0 Å². The third kappa shape index (κ3) is 10.2. The predicted molar refractivity (Wildman–Crippen MR) is 60.2 cm³/mol. The lowest BCUT2D eigenvalue weighted by Gasteiger charge is -2.18. The summed E-state index contributed by atoms with van der Waals surface area (Å²) in [7, 11) is 1.74. The lowest BCUT2D eigenvalue weighted by molar-refractivity contribution is -0.137. The molecule has 0 saturated carbocycles. The first-order valence-corrected chi connectivity index (χ1v) is 5.80. The Hall–Kier alpha value is -0.290. The Morgan fingerprint density at radius 3 is 2.31 bits per heavy atom. The van der Waals surface area contributed by atoms with Gasteiger partial charge in [0.25, 0.3) is 0 Å². The van der Waals surface area contributed by atoms with Gasteiger partial charge >= 0.3 is 6.18 Å². The van der Waals surface area contributed by atoms with Gasteiger partial charge in [0.15, 0.2) is 0 Å². The molecule has 16 heavy (non-hydrogen) atoms. The molecule has 2 N–H and O–H groups in total. The van der Waals surface area contributed by atoms with Gasteiger partial charge in [-0.05, 0) is 45.3 Å². The van der Waals surface area contributed by atoms with Crippen molar-refractivity contribution in [3.05, 3.63) is 0 Å². The number of rotatable bonds is 8. The zero-order chi connectivity index (χ0) is 12.6. The van der Waals surface area contributed by atoms with E-state index in [1.165, 1.54) is 0 Å². The van der Waals surface area contributed by atoms with Gasteiger partial charge in [0.05, 0.1) is 6.42 Å². The van der Waals surface area contributed by atoms with Gasteiger partial charge in [-0.3, -0.25) is 0 Å². The summed E-state index contributed by atoms with van der Waals surface area (Å²) in [6, 6.07) is 0. The van der Waals surface area contributed by atoms with Crippen molar-refractivity contribution in [3.8, 4) is 0 Å². The fraction of sp³-hybridized carbons (Fsp3) is 1.00. The van der Waals surface area contributed by atoms with E-state index in [-0.39, 0.29) is 6.54 Å². The number of hydrogen-bond acceptors (Lipinski definition) is 2. The summed E-state index contributed by atoms with van der Waals surface area (Å²) in [4.78, 5) is 1.74. The van der Waals surface area contributed by atoms with Gasteiger partial charge < -0.3 is 10.6 Å². The number of nitrogens with zero attached hydrogens (tertiary/aromatic N) is 1. The lowest BCUT2D eigenvalue weighted by Crippen LogP contribution is -2.25. The molecule has 0 fully saturated rings. The highest BCUT2D eigenvalue weighted by Gasteiger charge is 2.26. The van der Waals surface area contributed by atoms with E-state index < -0.39 is 12.6 Å². The highest BCUT2D eigenvalue weighted by molar-refractivity contribution is 4.59. The number of alkyl halides is 3. The molecule has 98 valence electrons. The summed E-state index contributed by atoms with van der Waals surface area (Å²) in [6.07, 6.45) is -1.79. The molecule has 0 aliphatic carbocycles. The van der Waals surface area contributed by atoms with E-state index in [9.17, 15) is 13.2 Å². The summed E-state index contributed by atoms with van der Waals surface area (Å²) < 4.78 is 35.8. The molecule has 0 rings (SSSR count). The van der Waals surface area contributed by atoms with Crippen molar-refractivity contribution < 1.29 is 13.2 Å². The Bertz CT molecular complexity index is 171. The second-order valence-electron chi connectivity index (χ2n) is 4.49. The first-order valence-electron chi connectivity index (χ1n) is 5.80. The SMILES string of the molecule is CC(CCN)CCCN(C)CCC(F)(F)F. The van der Waals surface area contributed by atoms with Crippen LogP contribution in [0.15, 0.2) is 0 Å². The molecule has 0 aromatic heterocycles. The van der Waals surface area contributed by atoms with Gasteiger partial charge in [0.1, 0.15) is 0 Å². The zero-order valence-corrected chi connectivity index (χ0v) is 10.2. The first kappa shape index (κ1) is 15.7. The average Bonchev–Trinajstić information content (AvgIpc) is 2.14. The van der Waals surface area contributed by atoms with Crippen molar-refractivity contribution in [2.45, 2.75) is 38.8 Å². The van der Waals surface area contributed by atoms with Crippen LogP contribution in [0.25, 0.3) is 0 Å². The van der Waals surface area contributed by atoms with Crippen LogP contribution >= 0.6 is 0 Å². The molecule has 1 atom stereocenters. The summed E-state index contributed by atoms with van der Waals surface area (Å²) in [5.74, 6) is 0.570. The Morgan fingerprint density at radius 2 is 1.81 bits per heavy atom. The number of nitrogens with two attached hydrogens (primary N) is 1. The molecule has 0 saturated heterocycles. The van der Waals surface area contributed by atoms with Gasteiger partial charge in [-0.15, -0.1) is 0 Å². The highest BCUT2D eigenvalue weighted by Crippen LogP contribution is 2.19. The minimum atomic E-state index is -4.04. The molecule has 0 bridgehead atoms. The zero-order valence-electron chi connectivity index (χ0n) is 10.2. The van der Waals surface area contributed by atoms with Gasteiger partial charge in [-0.2, -0.15) is 13.2 Å². The molecule has 0 spiro atoms. The minimum absolute atomic E-state index is 0.0920. The lowest BCUT2D eigenvalue weighted by atomic mass is 10.0. The Balaban J connectivity index is 3.47. The molecule has 0 heterocycles. The molecule has 0 aliphatic heterocycles. The van der Waals surface area contributed by atoms with Gasteiger partial charge in [-0.25, -0.2) is 0 Å². The van der Waals surface area contributed by atoms with E-state index in [1.54, 1.807) is 11.9 Å². The van der Waals surface area contributed by atoms with Crippen molar-refractivity contribution in [2.75, 3.05) is 26.7 Å². The molecule has 0 radical (unpaired) electrons. The third-order valence-electron chi connectivity index (χ3n) is 2.67. The highest BCUT2D eigenvalue weighted by atomic mass is 19.4. The van der Waals surface area contributed by atoms with Crippen LogP contribution < -0.4 is 5.73 Å². The van der Waals surface area contributed by atoms with Crippen LogP contribution in [-0.4, -0.2) is 37.8 Å². The second kappa shape index (κ2) is 7.90. The summed E-state index contributed by atoms with van der Waals surface area (Å²) in [5.41, 5.74) is 5.42. The topological polar surface area (TPSA) is 29.3 Å². The maximum absolute atomic E-state index is 11.9. The molecule has 0 aliphatic rings. The smallest absolute Gasteiger partial charge is 0.330 e. The standard InChI is InChI=1S/C11H23F3N2/c1-10(5-7-15)4-3-8-16(2)9-6-11(12,13)14/h10H,3-9,15H2,1-2H3. The fourth-order valence-corrected chi connectivity index (χ4v) is 1.57. The van der Waals surface area contributed by atoms with E-state index in [4.69, 9.17) is 5.73 Å². The van der Waals surface area contributed by atoms with Crippen molar-refractivity contribution in [3.63, 3.8) is 0 Å². The Kier molecular flexibility index (Phi) is 7.76. The monoisotopic (exact) mass is 240 g/mol. The van der Waals surface area contributed by atoms with E-state index in [0.29, 0.717) is 12.5 Å². The van der Waals surface area contributed by atoms with Crippen molar-refractivity contribution in [2.24, 2.45) is 11.7 Å². The molecule has 5 heteroatoms. The predicted octanol–water partition coefficient (Wildman–Crippen LogP) is 2.64. The molecular weight excluding hydrogens is 217 g/mol. The van der Waals surface area contributed by atoms with E-state index in [1.807, 2.05) is 0 Å². The van der Waals surface area contributed by atoms with Crippen LogP contribution in [0.1, 0.15) is 32.6 Å². The fourth-order valence-electron chi connectivity index (χ4n) is 1.57. The van der Waals surface area contributed by atoms with Crippen LogP contribution in [0.2, 0.25) is 0 Å². The normalized spacial score (nSPS) is 14.4. The van der Waals surface area contributed by atoms with E-state index >= 15 is 0 Å². The summed E-state index contributed by atoms with van der Waals surface area (Å²) in [5, 5.41) is 0. The molecule has 2 nitrogen and oxygen atoms in total. The molecule has 0 amide bonds. The van der Waals surface area contributed by atoms with Crippen LogP contribution in [0.5, 0.6) is 0 Å². The minimum Gasteiger partial charge on any atom is -0.330 e. The number of halogens is 3. The molecule has 1 unspecified atom stereocenters. The Labute approximate surface area is 96.0 Å². The first-order chi connectivity index (χ1) is 7.35. The van der Waals surface area contributed by atoms with Crippen molar-refractivity contribution >= 4 is 0 Å². The molecule has 0 aromatic rings. The van der Waals surface area contributed by atoms with Crippen LogP contribution in [-0.2, 0) is 0 Å². The Morgan fingerprint density at radius 1 is 1.19 bits per heavy atom. The van der Waals surface area contributed by atoms with E-state index in [0.717, 1.165) is 25.8 Å². The van der Waals surface area contributed by atoms with Crippen molar-refractivity contribution in [1.29, 1.82) is 0 Å². The largest absolute Gasteiger partial charge is 0.390 e. The summed E-state index contributed by atoms with van der Waals surface area (Å²) in [6.45, 7) is 3.63. The molecule has 0 aromatic carbocycles. The van der Waals surface area contributed by atoms with Crippen molar-refractivity contribution in [1.82, 2.24) is 4.90 Å². The summed E-state index contributed by atoms with van der Waals surface area (Å²) >= 11 is 0. The maximum Gasteiger partial charge on any atom is 0.390 e. The quantitative estimate of drug-likeness (QED) is 0.706. The number of hydrogen-bond donors (Lipinski definition) is 1. The van der Waals surface area contributed by atoms with E-state index in [2.05, 4.69) is 6.92 Å². The average molecular weight is 240 g/mol. The van der Waals surface area contributed by atoms with Gasteiger partial charge in [0, 0.05) is 6.54 Å². The van der Waals surface area contributed by atoms with Crippen LogP contribution in [0.4, 0.5) is 13.2 Å². The molecular formula is C11H23F3N2. The maximum atomic E-state index is 11.9.